The van der Waals surface area contributed by atoms with Crippen molar-refractivity contribution in [1.82, 2.24) is 10.3 Å². The molecule has 0 bridgehead atoms. The van der Waals surface area contributed by atoms with Gasteiger partial charge < -0.3 is 15.8 Å². The lowest BCUT2D eigenvalue weighted by atomic mass is 9.90. The predicted molar refractivity (Wildman–Crippen MR) is 111 cm³/mol. The zero-order valence-corrected chi connectivity index (χ0v) is 16.4. The summed E-state index contributed by atoms with van der Waals surface area (Å²) in [6.07, 6.45) is 3.25. The molecule has 6 heteroatoms. The number of ether oxygens (including phenoxy) is 1. The Morgan fingerprint density at radius 2 is 1.89 bits per heavy atom. The third kappa shape index (κ3) is 3.71. The van der Waals surface area contributed by atoms with E-state index in [-0.39, 0.29) is 5.91 Å². The van der Waals surface area contributed by atoms with E-state index in [4.69, 9.17) is 10.5 Å². The number of carbonyl (C=O) groups excluding carboxylic acids is 1. The number of benzene rings is 2. The van der Waals surface area contributed by atoms with Crippen LogP contribution in [0.25, 0.3) is 11.1 Å². The van der Waals surface area contributed by atoms with Gasteiger partial charge in [-0.15, -0.1) is 11.3 Å². The van der Waals surface area contributed by atoms with Gasteiger partial charge in [-0.1, -0.05) is 36.4 Å². The van der Waals surface area contributed by atoms with Crippen LogP contribution >= 0.6 is 11.3 Å². The summed E-state index contributed by atoms with van der Waals surface area (Å²) in [5, 5.41) is 6.13. The summed E-state index contributed by atoms with van der Waals surface area (Å²) < 4.78 is 5.51. The highest BCUT2D eigenvalue weighted by Crippen LogP contribution is 2.34. The van der Waals surface area contributed by atoms with E-state index in [0.717, 1.165) is 34.5 Å². The molecule has 1 amide bonds. The van der Waals surface area contributed by atoms with Crippen molar-refractivity contribution in [2.45, 2.75) is 24.9 Å². The second kappa shape index (κ2) is 8.22. The van der Waals surface area contributed by atoms with Crippen molar-refractivity contribution < 1.29 is 9.53 Å². The first-order valence-electron chi connectivity index (χ1n) is 9.40. The molecule has 1 fully saturated rings. The lowest BCUT2D eigenvalue weighted by molar-refractivity contribution is 0.0344. The zero-order chi connectivity index (χ0) is 19.4. The first-order valence-corrected chi connectivity index (χ1v) is 10.3. The Bertz CT molecular complexity index is 933. The number of nitrogens with two attached hydrogens (primary N) is 1. The number of nitrogens with one attached hydrogen (secondary N) is 1. The second-order valence-corrected chi connectivity index (χ2v) is 7.82. The number of nitrogens with zero attached hydrogens (tertiary/aromatic N) is 1. The molecule has 1 saturated heterocycles. The fourth-order valence-corrected chi connectivity index (χ4v) is 4.50. The molecule has 5 nitrogen and oxygen atoms in total. The van der Waals surface area contributed by atoms with Crippen molar-refractivity contribution in [3.8, 4) is 11.1 Å². The van der Waals surface area contributed by atoms with Crippen molar-refractivity contribution in [2.75, 3.05) is 13.2 Å². The Morgan fingerprint density at radius 3 is 2.57 bits per heavy atom. The van der Waals surface area contributed by atoms with Crippen molar-refractivity contribution in [2.24, 2.45) is 5.73 Å². The van der Waals surface area contributed by atoms with Gasteiger partial charge in [-0.25, -0.2) is 4.98 Å². The molecule has 0 atom stereocenters. The monoisotopic (exact) mass is 393 g/mol. The Morgan fingerprint density at radius 1 is 1.14 bits per heavy atom. The Kier molecular flexibility index (Phi) is 5.52. The largest absolute Gasteiger partial charge is 0.381 e. The van der Waals surface area contributed by atoms with Crippen molar-refractivity contribution in [3.05, 3.63) is 76.2 Å². The average molecular weight is 394 g/mol. The normalized spacial score (nSPS) is 15.9. The van der Waals surface area contributed by atoms with E-state index in [9.17, 15) is 4.79 Å². The summed E-state index contributed by atoms with van der Waals surface area (Å²) in [6.45, 7) is 1.72. The molecule has 144 valence electrons. The molecule has 0 aliphatic carbocycles. The summed E-state index contributed by atoms with van der Waals surface area (Å²) in [5.74, 6) is -0.0873. The van der Waals surface area contributed by atoms with Crippen molar-refractivity contribution in [3.63, 3.8) is 0 Å². The third-order valence-corrected chi connectivity index (χ3v) is 6.21. The van der Waals surface area contributed by atoms with Gasteiger partial charge in [0.1, 0.15) is 5.01 Å². The molecule has 2 heterocycles. The molecular weight excluding hydrogens is 370 g/mol. The minimum Gasteiger partial charge on any atom is -0.381 e. The Balaban J connectivity index is 1.56. The number of hydrogen-bond donors (Lipinski definition) is 2. The predicted octanol–water partition coefficient (Wildman–Crippen LogP) is 3.70. The first-order chi connectivity index (χ1) is 13.7. The smallest absolute Gasteiger partial charge is 0.252 e. The molecular formula is C22H23N3O2S. The van der Waals surface area contributed by atoms with Gasteiger partial charge in [-0.05, 0) is 28.8 Å². The van der Waals surface area contributed by atoms with Crippen LogP contribution in [-0.2, 0) is 16.8 Å². The molecule has 3 N–H and O–H groups in total. The first kappa shape index (κ1) is 18.8. The molecule has 28 heavy (non-hydrogen) atoms. The van der Waals surface area contributed by atoms with Crippen LogP contribution in [0.15, 0.2) is 60.1 Å². The van der Waals surface area contributed by atoms with Gasteiger partial charge in [-0.3, -0.25) is 4.79 Å². The molecule has 1 aliphatic heterocycles. The van der Waals surface area contributed by atoms with Crippen LogP contribution in [0.5, 0.6) is 0 Å². The zero-order valence-electron chi connectivity index (χ0n) is 15.6. The maximum Gasteiger partial charge on any atom is 0.252 e. The van der Waals surface area contributed by atoms with Gasteiger partial charge in [0.25, 0.3) is 5.91 Å². The van der Waals surface area contributed by atoms with Crippen LogP contribution in [0.2, 0.25) is 0 Å². The summed E-state index contributed by atoms with van der Waals surface area (Å²) in [5.41, 5.74) is 9.28. The van der Waals surface area contributed by atoms with E-state index in [0.29, 0.717) is 25.3 Å². The van der Waals surface area contributed by atoms with Crippen LogP contribution in [0.1, 0.15) is 33.8 Å². The van der Waals surface area contributed by atoms with E-state index in [2.05, 4.69) is 16.4 Å². The highest BCUT2D eigenvalue weighted by Gasteiger charge is 2.38. The number of carbonyl (C=O) groups is 1. The molecule has 4 rings (SSSR count). The number of aromatic nitrogens is 1. The number of thiazole rings is 1. The Labute approximate surface area is 168 Å². The fraction of sp³-hybridized carbons (Fsp3) is 0.273. The molecule has 0 saturated carbocycles. The van der Waals surface area contributed by atoms with E-state index >= 15 is 0 Å². The maximum absolute atomic E-state index is 13.0. The van der Waals surface area contributed by atoms with Gasteiger partial charge in [0.05, 0.1) is 5.54 Å². The van der Waals surface area contributed by atoms with Crippen LogP contribution in [-0.4, -0.2) is 24.1 Å². The SMILES string of the molecule is NCc1ccccc1-c1ccc(C(=O)NC2(c3nccs3)CCOCC2)cc1. The number of amides is 1. The topological polar surface area (TPSA) is 77.2 Å². The van der Waals surface area contributed by atoms with Gasteiger partial charge in [0.2, 0.25) is 0 Å². The van der Waals surface area contributed by atoms with Gasteiger partial charge in [0.15, 0.2) is 0 Å². The number of rotatable bonds is 5. The fourth-order valence-electron chi connectivity index (χ4n) is 3.64. The average Bonchev–Trinajstić information content (AvgIpc) is 3.30. The van der Waals surface area contributed by atoms with Crippen LogP contribution in [0.4, 0.5) is 0 Å². The highest BCUT2D eigenvalue weighted by molar-refractivity contribution is 7.09. The van der Waals surface area contributed by atoms with E-state index in [1.165, 1.54) is 0 Å². The Hall–Kier alpha value is -2.54. The van der Waals surface area contributed by atoms with E-state index < -0.39 is 5.54 Å². The highest BCUT2D eigenvalue weighted by atomic mass is 32.1. The summed E-state index contributed by atoms with van der Waals surface area (Å²) >= 11 is 1.58. The van der Waals surface area contributed by atoms with Gasteiger partial charge in [-0.2, -0.15) is 0 Å². The molecule has 0 radical (unpaired) electrons. The van der Waals surface area contributed by atoms with Crippen LogP contribution < -0.4 is 11.1 Å². The second-order valence-electron chi connectivity index (χ2n) is 6.92. The molecule has 0 unspecified atom stereocenters. The van der Waals surface area contributed by atoms with Gasteiger partial charge in [0, 0.05) is 49.7 Å². The lowest BCUT2D eigenvalue weighted by Crippen LogP contribution is -2.49. The molecule has 2 aromatic carbocycles. The molecule has 1 aromatic heterocycles. The minimum absolute atomic E-state index is 0.0873. The van der Waals surface area contributed by atoms with E-state index in [1.807, 2.05) is 47.8 Å². The number of hydrogen-bond acceptors (Lipinski definition) is 5. The van der Waals surface area contributed by atoms with Gasteiger partial charge >= 0.3 is 0 Å². The molecule has 3 aromatic rings. The van der Waals surface area contributed by atoms with E-state index in [1.54, 1.807) is 17.5 Å². The third-order valence-electron chi connectivity index (χ3n) is 5.24. The van der Waals surface area contributed by atoms with Crippen LogP contribution in [0, 0.1) is 0 Å². The maximum atomic E-state index is 13.0. The summed E-state index contributed by atoms with van der Waals surface area (Å²) in [6, 6.07) is 15.7. The molecule has 0 spiro atoms. The summed E-state index contributed by atoms with van der Waals surface area (Å²) in [4.78, 5) is 17.5. The van der Waals surface area contributed by atoms with Crippen molar-refractivity contribution in [1.29, 1.82) is 0 Å². The quantitative estimate of drug-likeness (QED) is 0.693. The standard InChI is InChI=1S/C22H23N3O2S/c23-15-18-3-1-2-4-19(18)16-5-7-17(8-6-16)20(26)25-22(9-12-27-13-10-22)21-24-11-14-28-21/h1-8,11,14H,9-10,12-13,15,23H2,(H,25,26). The lowest BCUT2D eigenvalue weighted by Gasteiger charge is -2.36. The van der Waals surface area contributed by atoms with Crippen LogP contribution in [0.3, 0.4) is 0 Å². The summed E-state index contributed by atoms with van der Waals surface area (Å²) in [7, 11) is 0. The van der Waals surface area contributed by atoms with Crippen molar-refractivity contribution >= 4 is 17.2 Å². The minimum atomic E-state index is -0.450. The molecule has 1 aliphatic rings.